The van der Waals surface area contributed by atoms with Crippen LogP contribution >= 0.6 is 23.1 Å². The van der Waals surface area contributed by atoms with Crippen LogP contribution in [0.1, 0.15) is 29.3 Å². The predicted molar refractivity (Wildman–Crippen MR) is 129 cm³/mol. The molecule has 2 aromatic heterocycles. The van der Waals surface area contributed by atoms with Crippen LogP contribution in [0.2, 0.25) is 0 Å². The van der Waals surface area contributed by atoms with E-state index in [2.05, 4.69) is 6.92 Å². The summed E-state index contributed by atoms with van der Waals surface area (Å²) in [5, 5.41) is 12.5. The lowest BCUT2D eigenvalue weighted by atomic mass is 9.89. The SMILES string of the molecule is CC1CCc2c(sc3nc(SCc4cccc([N+](=O)[O-])c4)n(-c4ccccc4)c(=O)c23)C1. The molecule has 0 fully saturated rings. The van der Waals surface area contributed by atoms with Crippen molar-refractivity contribution in [3.63, 3.8) is 0 Å². The maximum absolute atomic E-state index is 13.7. The molecule has 1 aliphatic rings. The average Bonchev–Trinajstić information content (AvgIpc) is 3.16. The second-order valence-corrected chi connectivity index (χ2v) is 10.1. The van der Waals surface area contributed by atoms with Crippen LogP contribution in [0.4, 0.5) is 5.69 Å². The van der Waals surface area contributed by atoms with Crippen molar-refractivity contribution in [2.24, 2.45) is 5.92 Å². The highest BCUT2D eigenvalue weighted by molar-refractivity contribution is 7.98. The largest absolute Gasteiger partial charge is 0.269 e. The Balaban J connectivity index is 1.62. The number of hydrogen-bond acceptors (Lipinski definition) is 6. The Morgan fingerprint density at radius 2 is 2.03 bits per heavy atom. The number of benzene rings is 2. The van der Waals surface area contributed by atoms with E-state index in [4.69, 9.17) is 4.98 Å². The Kier molecular flexibility index (Phi) is 5.57. The van der Waals surface area contributed by atoms with Crippen molar-refractivity contribution in [3.05, 3.63) is 91.1 Å². The lowest BCUT2D eigenvalue weighted by Crippen LogP contribution is -2.22. The van der Waals surface area contributed by atoms with Gasteiger partial charge >= 0.3 is 0 Å². The van der Waals surface area contributed by atoms with Gasteiger partial charge in [-0.15, -0.1) is 11.3 Å². The lowest BCUT2D eigenvalue weighted by molar-refractivity contribution is -0.384. The molecule has 1 atom stereocenters. The maximum atomic E-state index is 13.7. The van der Waals surface area contributed by atoms with Crippen molar-refractivity contribution < 1.29 is 4.92 Å². The van der Waals surface area contributed by atoms with Crippen LogP contribution in [-0.4, -0.2) is 14.5 Å². The second-order valence-electron chi connectivity index (χ2n) is 8.12. The minimum absolute atomic E-state index is 0.0326. The number of hydrogen-bond donors (Lipinski definition) is 0. The van der Waals surface area contributed by atoms with Gasteiger partial charge in [0.25, 0.3) is 11.2 Å². The van der Waals surface area contributed by atoms with E-state index in [0.717, 1.165) is 40.7 Å². The first-order chi connectivity index (χ1) is 15.5. The molecule has 2 heterocycles. The van der Waals surface area contributed by atoms with Crippen LogP contribution in [0.3, 0.4) is 0 Å². The second kappa shape index (κ2) is 8.52. The van der Waals surface area contributed by atoms with Crippen molar-refractivity contribution in [2.75, 3.05) is 0 Å². The molecular formula is C24H21N3O3S2. The van der Waals surface area contributed by atoms with E-state index in [1.807, 2.05) is 36.4 Å². The number of non-ortho nitro benzene ring substituents is 1. The number of rotatable bonds is 5. The number of thioether (sulfide) groups is 1. The Morgan fingerprint density at radius 3 is 2.81 bits per heavy atom. The number of aromatic nitrogens is 2. The quantitative estimate of drug-likeness (QED) is 0.162. The Labute approximate surface area is 193 Å². The van der Waals surface area contributed by atoms with Crippen molar-refractivity contribution in [1.29, 1.82) is 0 Å². The molecule has 0 spiro atoms. The van der Waals surface area contributed by atoms with Crippen LogP contribution in [0.5, 0.6) is 0 Å². The fourth-order valence-electron chi connectivity index (χ4n) is 4.18. The first-order valence-electron chi connectivity index (χ1n) is 10.5. The van der Waals surface area contributed by atoms with Crippen molar-refractivity contribution in [2.45, 2.75) is 37.1 Å². The van der Waals surface area contributed by atoms with E-state index in [1.165, 1.54) is 28.3 Å². The molecule has 4 aromatic rings. The molecule has 0 aliphatic heterocycles. The van der Waals surface area contributed by atoms with E-state index in [-0.39, 0.29) is 11.2 Å². The molecule has 6 nitrogen and oxygen atoms in total. The van der Waals surface area contributed by atoms with Crippen LogP contribution in [0.15, 0.2) is 64.5 Å². The van der Waals surface area contributed by atoms with Gasteiger partial charge in [0.15, 0.2) is 5.16 Å². The minimum atomic E-state index is -0.393. The first kappa shape index (κ1) is 20.9. The van der Waals surface area contributed by atoms with E-state index < -0.39 is 4.92 Å². The van der Waals surface area contributed by atoms with Crippen molar-refractivity contribution in [1.82, 2.24) is 9.55 Å². The summed E-state index contributed by atoms with van der Waals surface area (Å²) >= 11 is 3.06. The standard InChI is InChI=1S/C24H21N3O3S2/c1-15-10-11-19-20(12-15)32-22-21(19)23(28)26(17-7-3-2-4-8-17)24(25-22)31-14-16-6-5-9-18(13-16)27(29)30/h2-9,13,15H,10-12,14H2,1H3. The number of thiophene rings is 1. The molecule has 0 radical (unpaired) electrons. The molecular weight excluding hydrogens is 442 g/mol. The molecule has 5 rings (SSSR count). The van der Waals surface area contributed by atoms with Crippen LogP contribution in [0, 0.1) is 16.0 Å². The van der Waals surface area contributed by atoms with Gasteiger partial charge in [0.1, 0.15) is 4.83 Å². The molecule has 0 amide bonds. The summed E-state index contributed by atoms with van der Waals surface area (Å²) in [6.45, 7) is 2.25. The number of nitro benzene ring substituents is 1. The summed E-state index contributed by atoms with van der Waals surface area (Å²) in [5.41, 5.74) is 2.79. The Bertz CT molecular complexity index is 1380. The average molecular weight is 464 g/mol. The molecule has 162 valence electrons. The van der Waals surface area contributed by atoms with Gasteiger partial charge in [-0.25, -0.2) is 4.98 Å². The molecule has 8 heteroatoms. The zero-order chi connectivity index (χ0) is 22.2. The van der Waals surface area contributed by atoms with Crippen molar-refractivity contribution in [3.8, 4) is 5.69 Å². The van der Waals surface area contributed by atoms with Gasteiger partial charge in [0, 0.05) is 22.8 Å². The fourth-order valence-corrected chi connectivity index (χ4v) is 6.56. The van der Waals surface area contributed by atoms with Gasteiger partial charge in [-0.3, -0.25) is 19.5 Å². The number of para-hydroxylation sites is 1. The normalized spacial score (nSPS) is 15.6. The highest BCUT2D eigenvalue weighted by Crippen LogP contribution is 2.37. The zero-order valence-electron chi connectivity index (χ0n) is 17.5. The van der Waals surface area contributed by atoms with Gasteiger partial charge in [-0.2, -0.15) is 0 Å². The van der Waals surface area contributed by atoms with Crippen LogP contribution in [-0.2, 0) is 18.6 Å². The summed E-state index contributed by atoms with van der Waals surface area (Å²) in [6, 6.07) is 16.2. The molecule has 0 N–H and O–H groups in total. The fraction of sp³-hybridized carbons (Fsp3) is 0.250. The van der Waals surface area contributed by atoms with Gasteiger partial charge in [-0.05, 0) is 48.4 Å². The molecule has 0 saturated heterocycles. The van der Waals surface area contributed by atoms with E-state index in [9.17, 15) is 14.9 Å². The summed E-state index contributed by atoms with van der Waals surface area (Å²) in [5.74, 6) is 1.10. The third-order valence-corrected chi connectivity index (χ3v) is 7.96. The van der Waals surface area contributed by atoms with Crippen molar-refractivity contribution >= 4 is 39.0 Å². The molecule has 32 heavy (non-hydrogen) atoms. The van der Waals surface area contributed by atoms with Crippen LogP contribution < -0.4 is 5.56 Å². The molecule has 0 saturated carbocycles. The predicted octanol–water partition coefficient (Wildman–Crippen LogP) is 5.77. The lowest BCUT2D eigenvalue weighted by Gasteiger charge is -2.17. The number of fused-ring (bicyclic) bond motifs is 3. The summed E-state index contributed by atoms with van der Waals surface area (Å²) in [6.07, 6.45) is 3.01. The monoisotopic (exact) mass is 463 g/mol. The summed E-state index contributed by atoms with van der Waals surface area (Å²) < 4.78 is 1.69. The highest BCUT2D eigenvalue weighted by atomic mass is 32.2. The molecule has 1 unspecified atom stereocenters. The van der Waals surface area contributed by atoms with E-state index in [1.54, 1.807) is 28.0 Å². The van der Waals surface area contributed by atoms with Gasteiger partial charge in [0.05, 0.1) is 16.0 Å². The number of nitrogens with zero attached hydrogens (tertiary/aromatic N) is 3. The molecule has 2 aromatic carbocycles. The van der Waals surface area contributed by atoms with Gasteiger partial charge in [-0.1, -0.05) is 49.0 Å². The topological polar surface area (TPSA) is 78.0 Å². The summed E-state index contributed by atoms with van der Waals surface area (Å²) in [7, 11) is 0. The zero-order valence-corrected chi connectivity index (χ0v) is 19.1. The number of nitro groups is 1. The maximum Gasteiger partial charge on any atom is 0.269 e. The van der Waals surface area contributed by atoms with E-state index >= 15 is 0 Å². The Hall–Kier alpha value is -2.97. The smallest absolute Gasteiger partial charge is 0.268 e. The van der Waals surface area contributed by atoms with Gasteiger partial charge < -0.3 is 0 Å². The molecule has 1 aliphatic carbocycles. The van der Waals surface area contributed by atoms with Crippen LogP contribution in [0.25, 0.3) is 15.9 Å². The highest BCUT2D eigenvalue weighted by Gasteiger charge is 2.25. The van der Waals surface area contributed by atoms with E-state index in [0.29, 0.717) is 16.8 Å². The first-order valence-corrected chi connectivity index (χ1v) is 12.3. The Morgan fingerprint density at radius 1 is 1.22 bits per heavy atom. The molecule has 0 bridgehead atoms. The third kappa shape index (κ3) is 3.84. The van der Waals surface area contributed by atoms with Gasteiger partial charge in [0.2, 0.25) is 0 Å². The third-order valence-electron chi connectivity index (χ3n) is 5.80. The summed E-state index contributed by atoms with van der Waals surface area (Å²) in [4.78, 5) is 31.5. The number of aryl methyl sites for hydroxylation is 1. The minimum Gasteiger partial charge on any atom is -0.268 e.